The molecule has 1 amide bonds. The molecule has 0 aliphatic carbocycles. The van der Waals surface area contributed by atoms with Gasteiger partial charge in [-0.15, -0.1) is 0 Å². The molecule has 2 heterocycles. The molecule has 24 heavy (non-hydrogen) atoms. The Hall–Kier alpha value is -2.47. The molecule has 2 aromatic rings. The number of likely N-dealkylation sites (N-methyl/N-ethyl adjacent to an activating group) is 1. The number of carbonyl (C=O) groups excluding carboxylic acids is 1. The number of carbonyl (C=O) groups is 1. The first-order valence-corrected chi connectivity index (χ1v) is 8.18. The Morgan fingerprint density at radius 3 is 2.54 bits per heavy atom. The van der Waals surface area contributed by atoms with Crippen molar-refractivity contribution in [3.8, 4) is 0 Å². The van der Waals surface area contributed by atoms with Crippen LogP contribution in [0.25, 0.3) is 0 Å². The summed E-state index contributed by atoms with van der Waals surface area (Å²) in [5.74, 6) is 0.742. The topological polar surface area (TPSA) is 52.6 Å². The lowest BCUT2D eigenvalue weighted by Gasteiger charge is -2.33. The van der Waals surface area contributed by atoms with Crippen molar-refractivity contribution in [2.75, 3.05) is 45.2 Å². The minimum Gasteiger partial charge on any atom is -0.354 e. The summed E-state index contributed by atoms with van der Waals surface area (Å²) in [5, 5.41) is 0. The predicted molar refractivity (Wildman–Crippen MR) is 94.0 cm³/mol. The lowest BCUT2D eigenvalue weighted by atomic mass is 10.2. The van der Waals surface area contributed by atoms with E-state index in [4.69, 9.17) is 0 Å². The highest BCUT2D eigenvalue weighted by Gasteiger charge is 2.19. The van der Waals surface area contributed by atoms with Crippen LogP contribution in [0.3, 0.4) is 0 Å². The zero-order valence-electron chi connectivity index (χ0n) is 14.2. The second kappa shape index (κ2) is 7.40. The highest BCUT2D eigenvalue weighted by Crippen LogP contribution is 2.15. The van der Waals surface area contributed by atoms with E-state index in [1.807, 2.05) is 30.3 Å². The standard InChI is InChI=1S/C18H23N5O/c1-21-8-10-23(11-9-21)17-12-16(19-14-20-17)18(24)22(2)13-15-6-4-3-5-7-15/h3-7,12,14H,8-11,13H2,1-2H3. The van der Waals surface area contributed by atoms with E-state index in [0.29, 0.717) is 12.2 Å². The van der Waals surface area contributed by atoms with Gasteiger partial charge in [-0.1, -0.05) is 30.3 Å². The highest BCUT2D eigenvalue weighted by atomic mass is 16.2. The number of anilines is 1. The summed E-state index contributed by atoms with van der Waals surface area (Å²) in [5.41, 5.74) is 1.54. The number of benzene rings is 1. The summed E-state index contributed by atoms with van der Waals surface area (Å²) >= 11 is 0. The number of amides is 1. The second-order valence-electron chi connectivity index (χ2n) is 6.20. The van der Waals surface area contributed by atoms with E-state index >= 15 is 0 Å². The van der Waals surface area contributed by atoms with Crippen molar-refractivity contribution in [3.63, 3.8) is 0 Å². The Morgan fingerprint density at radius 1 is 1.12 bits per heavy atom. The van der Waals surface area contributed by atoms with E-state index in [1.54, 1.807) is 18.0 Å². The molecule has 1 aromatic carbocycles. The Kier molecular flexibility index (Phi) is 5.05. The zero-order valence-corrected chi connectivity index (χ0v) is 14.2. The third-order valence-corrected chi connectivity index (χ3v) is 4.31. The van der Waals surface area contributed by atoms with Gasteiger partial charge in [-0.3, -0.25) is 4.79 Å². The third-order valence-electron chi connectivity index (χ3n) is 4.31. The normalized spacial score (nSPS) is 15.3. The van der Waals surface area contributed by atoms with Crippen molar-refractivity contribution in [1.82, 2.24) is 19.8 Å². The van der Waals surface area contributed by atoms with Crippen LogP contribution in [0.5, 0.6) is 0 Å². The smallest absolute Gasteiger partial charge is 0.272 e. The van der Waals surface area contributed by atoms with E-state index in [-0.39, 0.29) is 5.91 Å². The maximum atomic E-state index is 12.6. The number of nitrogens with zero attached hydrogens (tertiary/aromatic N) is 5. The average Bonchev–Trinajstić information content (AvgIpc) is 2.62. The molecular weight excluding hydrogens is 302 g/mol. The van der Waals surface area contributed by atoms with Crippen LogP contribution in [-0.2, 0) is 6.54 Å². The largest absolute Gasteiger partial charge is 0.354 e. The van der Waals surface area contributed by atoms with Gasteiger partial charge in [0, 0.05) is 45.8 Å². The molecule has 0 saturated carbocycles. The zero-order chi connectivity index (χ0) is 16.9. The molecular formula is C18H23N5O. The van der Waals surface area contributed by atoms with Crippen LogP contribution in [0.4, 0.5) is 5.82 Å². The van der Waals surface area contributed by atoms with Gasteiger partial charge in [-0.05, 0) is 12.6 Å². The Labute approximate surface area is 142 Å². The average molecular weight is 325 g/mol. The Morgan fingerprint density at radius 2 is 1.83 bits per heavy atom. The molecule has 0 radical (unpaired) electrons. The second-order valence-corrected chi connectivity index (χ2v) is 6.20. The monoisotopic (exact) mass is 325 g/mol. The molecule has 0 atom stereocenters. The molecule has 0 unspecified atom stereocenters. The maximum absolute atomic E-state index is 12.6. The molecule has 1 aliphatic rings. The molecule has 1 aliphatic heterocycles. The first-order chi connectivity index (χ1) is 11.6. The molecule has 126 valence electrons. The van der Waals surface area contributed by atoms with Crippen molar-refractivity contribution in [2.45, 2.75) is 6.54 Å². The van der Waals surface area contributed by atoms with Gasteiger partial charge in [0.1, 0.15) is 17.8 Å². The third kappa shape index (κ3) is 3.89. The van der Waals surface area contributed by atoms with E-state index in [9.17, 15) is 4.79 Å². The van der Waals surface area contributed by atoms with Crippen LogP contribution in [0.15, 0.2) is 42.7 Å². The molecule has 0 N–H and O–H groups in total. The lowest BCUT2D eigenvalue weighted by molar-refractivity contribution is 0.0779. The Bertz CT molecular complexity index is 683. The highest BCUT2D eigenvalue weighted by molar-refractivity contribution is 5.92. The SMILES string of the molecule is CN1CCN(c2cc(C(=O)N(C)Cc3ccccc3)ncn2)CC1. The summed E-state index contributed by atoms with van der Waals surface area (Å²) in [6, 6.07) is 11.7. The van der Waals surface area contributed by atoms with Crippen molar-refractivity contribution >= 4 is 11.7 Å². The van der Waals surface area contributed by atoms with Crippen LogP contribution < -0.4 is 4.90 Å². The molecule has 3 rings (SSSR count). The summed E-state index contributed by atoms with van der Waals surface area (Å²) < 4.78 is 0. The summed E-state index contributed by atoms with van der Waals surface area (Å²) in [7, 11) is 3.91. The van der Waals surface area contributed by atoms with Crippen LogP contribution in [-0.4, -0.2) is 65.9 Å². The van der Waals surface area contributed by atoms with Crippen molar-refractivity contribution in [3.05, 3.63) is 54.0 Å². The molecule has 6 heteroatoms. The van der Waals surface area contributed by atoms with Gasteiger partial charge in [0.05, 0.1) is 0 Å². The van der Waals surface area contributed by atoms with Gasteiger partial charge in [0.25, 0.3) is 5.91 Å². The fourth-order valence-corrected chi connectivity index (χ4v) is 2.80. The van der Waals surface area contributed by atoms with Gasteiger partial charge < -0.3 is 14.7 Å². The quantitative estimate of drug-likeness (QED) is 0.853. The maximum Gasteiger partial charge on any atom is 0.272 e. The summed E-state index contributed by atoms with van der Waals surface area (Å²) in [6.45, 7) is 4.40. The fourth-order valence-electron chi connectivity index (χ4n) is 2.80. The number of rotatable bonds is 4. The van der Waals surface area contributed by atoms with Crippen molar-refractivity contribution in [1.29, 1.82) is 0 Å². The molecule has 1 fully saturated rings. The Balaban J connectivity index is 1.69. The first-order valence-electron chi connectivity index (χ1n) is 8.18. The van der Waals surface area contributed by atoms with E-state index in [1.165, 1.54) is 6.33 Å². The molecule has 0 spiro atoms. The van der Waals surface area contributed by atoms with Crippen LogP contribution >= 0.6 is 0 Å². The fraction of sp³-hybridized carbons (Fsp3) is 0.389. The number of piperazine rings is 1. The van der Waals surface area contributed by atoms with Crippen LogP contribution in [0, 0.1) is 0 Å². The van der Waals surface area contributed by atoms with Crippen molar-refractivity contribution in [2.24, 2.45) is 0 Å². The van der Waals surface area contributed by atoms with E-state index in [0.717, 1.165) is 37.6 Å². The van der Waals surface area contributed by atoms with Crippen LogP contribution in [0.2, 0.25) is 0 Å². The van der Waals surface area contributed by atoms with Crippen molar-refractivity contribution < 1.29 is 4.79 Å². The molecule has 1 saturated heterocycles. The van der Waals surface area contributed by atoms with Crippen LogP contribution in [0.1, 0.15) is 16.1 Å². The number of aromatic nitrogens is 2. The lowest BCUT2D eigenvalue weighted by Crippen LogP contribution is -2.45. The summed E-state index contributed by atoms with van der Waals surface area (Å²) in [4.78, 5) is 27.3. The number of hydrogen-bond donors (Lipinski definition) is 0. The van der Waals surface area contributed by atoms with E-state index in [2.05, 4.69) is 26.8 Å². The van der Waals surface area contributed by atoms with E-state index < -0.39 is 0 Å². The molecule has 1 aromatic heterocycles. The van der Waals surface area contributed by atoms with Gasteiger partial charge >= 0.3 is 0 Å². The molecule has 6 nitrogen and oxygen atoms in total. The van der Waals surface area contributed by atoms with Gasteiger partial charge in [-0.25, -0.2) is 9.97 Å². The van der Waals surface area contributed by atoms with Gasteiger partial charge in [-0.2, -0.15) is 0 Å². The summed E-state index contributed by atoms with van der Waals surface area (Å²) in [6.07, 6.45) is 1.48. The first kappa shape index (κ1) is 16.4. The molecule has 0 bridgehead atoms. The number of hydrogen-bond acceptors (Lipinski definition) is 5. The van der Waals surface area contributed by atoms with Gasteiger partial charge in [0.15, 0.2) is 0 Å². The minimum atomic E-state index is -0.0865. The minimum absolute atomic E-state index is 0.0865. The predicted octanol–water partition coefficient (Wildman–Crippen LogP) is 1.50. The van der Waals surface area contributed by atoms with Gasteiger partial charge in [0.2, 0.25) is 0 Å².